The summed E-state index contributed by atoms with van der Waals surface area (Å²) in [6.45, 7) is 0.877. The molecule has 2 amide bonds. The van der Waals surface area contributed by atoms with Gasteiger partial charge in [-0.2, -0.15) is 5.10 Å². The summed E-state index contributed by atoms with van der Waals surface area (Å²) < 4.78 is 6.99. The average molecular weight is 424 g/mol. The second kappa shape index (κ2) is 9.24. The number of hydrogen-bond acceptors (Lipinski definition) is 5. The summed E-state index contributed by atoms with van der Waals surface area (Å²) in [4.78, 5) is 27.3. The Kier molecular flexibility index (Phi) is 6.25. The molecule has 2 aliphatic rings. The van der Waals surface area contributed by atoms with Crippen LogP contribution in [0.2, 0.25) is 0 Å². The van der Waals surface area contributed by atoms with Crippen molar-refractivity contribution in [2.24, 2.45) is 5.92 Å². The van der Waals surface area contributed by atoms with E-state index in [2.05, 4.69) is 10.4 Å². The van der Waals surface area contributed by atoms with Gasteiger partial charge in [-0.05, 0) is 30.0 Å². The first-order valence-corrected chi connectivity index (χ1v) is 10.8. The molecule has 0 unspecified atom stereocenters. The van der Waals surface area contributed by atoms with Crippen molar-refractivity contribution in [3.05, 3.63) is 53.9 Å². The molecular weight excluding hydrogens is 394 g/mol. The van der Waals surface area contributed by atoms with Crippen LogP contribution in [-0.2, 0) is 20.9 Å². The highest BCUT2D eigenvalue weighted by Crippen LogP contribution is 2.31. The van der Waals surface area contributed by atoms with E-state index in [9.17, 15) is 9.59 Å². The summed E-state index contributed by atoms with van der Waals surface area (Å²) >= 11 is 0. The fourth-order valence-corrected chi connectivity index (χ4v) is 4.44. The number of nitrogens with one attached hydrogen (secondary N) is 1. The predicted octanol–water partition coefficient (Wildman–Crippen LogP) is 2.77. The van der Waals surface area contributed by atoms with Crippen molar-refractivity contribution in [3.63, 3.8) is 0 Å². The molecule has 1 aromatic carbocycles. The van der Waals surface area contributed by atoms with E-state index in [4.69, 9.17) is 10.5 Å². The van der Waals surface area contributed by atoms with Crippen LogP contribution in [0, 0.1) is 5.92 Å². The number of nitrogens with two attached hydrogens (primary N) is 1. The van der Waals surface area contributed by atoms with Gasteiger partial charge in [-0.1, -0.05) is 37.8 Å². The molecule has 2 heterocycles. The van der Waals surface area contributed by atoms with Crippen LogP contribution in [0.4, 0.5) is 11.5 Å². The summed E-state index contributed by atoms with van der Waals surface area (Å²) in [6, 6.07) is 8.84. The summed E-state index contributed by atoms with van der Waals surface area (Å²) in [6.07, 6.45) is 8.51. The van der Waals surface area contributed by atoms with Crippen molar-refractivity contribution in [3.8, 4) is 0 Å². The van der Waals surface area contributed by atoms with Crippen LogP contribution in [0.1, 0.15) is 37.7 Å². The third-order valence-corrected chi connectivity index (χ3v) is 6.05. The van der Waals surface area contributed by atoms with Crippen molar-refractivity contribution in [1.82, 2.24) is 14.7 Å². The average Bonchev–Trinajstić information content (AvgIpc) is 3.48. The van der Waals surface area contributed by atoms with E-state index in [1.54, 1.807) is 22.8 Å². The van der Waals surface area contributed by atoms with Crippen molar-refractivity contribution in [1.29, 1.82) is 0 Å². The van der Waals surface area contributed by atoms with Crippen LogP contribution in [0.3, 0.4) is 0 Å². The molecule has 8 heteroatoms. The summed E-state index contributed by atoms with van der Waals surface area (Å²) in [5.41, 5.74) is 7.57. The first-order chi connectivity index (χ1) is 15.0. The number of nitrogen functional groups attached to an aromatic ring is 1. The molecule has 0 saturated heterocycles. The van der Waals surface area contributed by atoms with E-state index in [0.29, 0.717) is 42.7 Å². The number of ether oxygens (including phenoxy) is 1. The molecule has 1 saturated carbocycles. The van der Waals surface area contributed by atoms with Crippen LogP contribution >= 0.6 is 0 Å². The second-order valence-corrected chi connectivity index (χ2v) is 8.32. The maximum atomic E-state index is 13.2. The highest BCUT2D eigenvalue weighted by Gasteiger charge is 2.36. The Morgan fingerprint density at radius 2 is 2.13 bits per heavy atom. The fourth-order valence-electron chi connectivity index (χ4n) is 4.44. The molecule has 3 N–H and O–H groups in total. The Morgan fingerprint density at radius 1 is 1.32 bits per heavy atom. The third kappa shape index (κ3) is 5.07. The summed E-state index contributed by atoms with van der Waals surface area (Å²) in [7, 11) is 1.54. The molecule has 8 nitrogen and oxygen atoms in total. The third-order valence-electron chi connectivity index (χ3n) is 6.05. The van der Waals surface area contributed by atoms with Gasteiger partial charge < -0.3 is 20.7 Å². The van der Waals surface area contributed by atoms with Gasteiger partial charge >= 0.3 is 0 Å². The Hall–Kier alpha value is -3.29. The van der Waals surface area contributed by atoms with E-state index in [1.165, 1.54) is 18.9 Å². The molecule has 164 valence electrons. The molecule has 31 heavy (non-hydrogen) atoms. The number of carbonyl (C=O) groups excluding carboxylic acids is 2. The molecule has 1 atom stereocenters. The molecule has 1 fully saturated rings. The Morgan fingerprint density at radius 3 is 2.84 bits per heavy atom. The van der Waals surface area contributed by atoms with Gasteiger partial charge in [-0.3, -0.25) is 14.3 Å². The minimum atomic E-state index is -0.543. The zero-order chi connectivity index (χ0) is 21.8. The van der Waals surface area contributed by atoms with E-state index in [1.807, 2.05) is 30.5 Å². The van der Waals surface area contributed by atoms with Gasteiger partial charge in [0.1, 0.15) is 11.8 Å². The topological polar surface area (TPSA) is 102 Å². The highest BCUT2D eigenvalue weighted by atomic mass is 16.5. The number of aromatic nitrogens is 2. The van der Waals surface area contributed by atoms with Crippen molar-refractivity contribution in [2.75, 3.05) is 24.7 Å². The SMILES string of the molecule is COC1=CC(=O)N([C@@H](CC2CCCC2)C(=O)Nc2ccn(Cc3cccc(N)c3)n2)C1. The van der Waals surface area contributed by atoms with Crippen LogP contribution in [-0.4, -0.2) is 46.2 Å². The lowest BCUT2D eigenvalue weighted by Crippen LogP contribution is -2.46. The van der Waals surface area contributed by atoms with Crippen molar-refractivity contribution >= 4 is 23.3 Å². The number of carbonyl (C=O) groups is 2. The van der Waals surface area contributed by atoms with Crippen LogP contribution in [0.25, 0.3) is 0 Å². The lowest BCUT2D eigenvalue weighted by Gasteiger charge is -2.28. The second-order valence-electron chi connectivity index (χ2n) is 8.32. The standard InChI is InChI=1S/C23H29N5O3/c1-31-19-13-22(29)28(15-19)20(12-16-5-2-3-6-16)23(30)25-21-9-10-27(26-21)14-17-7-4-8-18(24)11-17/h4,7-11,13,16,20H,2-3,5-6,12,14-15,24H2,1H3,(H,25,26,30)/t20-/m0/s1. The Labute approximate surface area is 182 Å². The van der Waals surface area contributed by atoms with Gasteiger partial charge in [0.05, 0.1) is 20.2 Å². The zero-order valence-electron chi connectivity index (χ0n) is 17.8. The molecular formula is C23H29N5O3. The van der Waals surface area contributed by atoms with E-state index >= 15 is 0 Å². The largest absolute Gasteiger partial charge is 0.499 e. The molecule has 1 aromatic heterocycles. The number of amides is 2. The predicted molar refractivity (Wildman–Crippen MR) is 118 cm³/mol. The molecule has 1 aliphatic heterocycles. The van der Waals surface area contributed by atoms with Crippen molar-refractivity contribution in [2.45, 2.75) is 44.7 Å². The number of rotatable bonds is 8. The summed E-state index contributed by atoms with van der Waals surface area (Å²) in [5.74, 6) is 1.12. The van der Waals surface area contributed by atoms with E-state index < -0.39 is 6.04 Å². The van der Waals surface area contributed by atoms with Crippen LogP contribution in [0.15, 0.2) is 48.4 Å². The lowest BCUT2D eigenvalue weighted by molar-refractivity contribution is -0.134. The first-order valence-electron chi connectivity index (χ1n) is 10.8. The normalized spacial score (nSPS) is 17.6. The van der Waals surface area contributed by atoms with E-state index in [0.717, 1.165) is 18.4 Å². The number of methoxy groups -OCH3 is 1. The number of anilines is 2. The lowest BCUT2D eigenvalue weighted by atomic mass is 9.97. The van der Waals surface area contributed by atoms with Crippen molar-refractivity contribution < 1.29 is 14.3 Å². The van der Waals surface area contributed by atoms with Gasteiger partial charge in [-0.15, -0.1) is 0 Å². The maximum Gasteiger partial charge on any atom is 0.251 e. The van der Waals surface area contributed by atoms with Gasteiger partial charge in [0.2, 0.25) is 5.91 Å². The zero-order valence-corrected chi connectivity index (χ0v) is 17.8. The van der Waals surface area contributed by atoms with Crippen LogP contribution < -0.4 is 11.1 Å². The first kappa shape index (κ1) is 21.0. The minimum Gasteiger partial charge on any atom is -0.499 e. The van der Waals surface area contributed by atoms with Crippen LogP contribution in [0.5, 0.6) is 0 Å². The molecule has 2 aromatic rings. The van der Waals surface area contributed by atoms with Gasteiger partial charge in [0, 0.05) is 24.0 Å². The number of hydrogen-bond donors (Lipinski definition) is 2. The Bertz CT molecular complexity index is 977. The molecule has 0 radical (unpaired) electrons. The highest BCUT2D eigenvalue weighted by molar-refractivity contribution is 5.99. The molecule has 1 aliphatic carbocycles. The number of nitrogens with zero attached hydrogens (tertiary/aromatic N) is 3. The Balaban J connectivity index is 1.44. The maximum absolute atomic E-state index is 13.2. The fraction of sp³-hybridized carbons (Fsp3) is 0.435. The monoisotopic (exact) mass is 423 g/mol. The smallest absolute Gasteiger partial charge is 0.251 e. The molecule has 0 bridgehead atoms. The van der Waals surface area contributed by atoms with Gasteiger partial charge in [0.15, 0.2) is 5.82 Å². The molecule has 0 spiro atoms. The van der Waals surface area contributed by atoms with Gasteiger partial charge in [-0.25, -0.2) is 0 Å². The van der Waals surface area contributed by atoms with Gasteiger partial charge in [0.25, 0.3) is 5.91 Å². The van der Waals surface area contributed by atoms with E-state index in [-0.39, 0.29) is 11.8 Å². The molecule has 4 rings (SSSR count). The quantitative estimate of drug-likeness (QED) is 0.636. The summed E-state index contributed by atoms with van der Waals surface area (Å²) in [5, 5.41) is 7.38. The number of benzene rings is 1. The minimum absolute atomic E-state index is 0.179.